The van der Waals surface area contributed by atoms with E-state index in [0.717, 1.165) is 0 Å². The minimum Gasteiger partial charge on any atom is -0.102 e. The summed E-state index contributed by atoms with van der Waals surface area (Å²) in [6, 6.07) is 0. The van der Waals surface area contributed by atoms with E-state index < -0.39 is 0 Å². The van der Waals surface area contributed by atoms with Gasteiger partial charge in [0.15, 0.2) is 0 Å². The van der Waals surface area contributed by atoms with Crippen molar-refractivity contribution in [1.29, 1.82) is 0 Å². The van der Waals surface area contributed by atoms with Crippen LogP contribution in [0, 0.1) is 5.92 Å². The molecule has 0 saturated carbocycles. The first-order valence-corrected chi connectivity index (χ1v) is 2.56. The molecular weight excluding hydrogens is 84.1 g/mol. The van der Waals surface area contributed by atoms with Crippen LogP contribution in [0.4, 0.5) is 0 Å². The third-order valence-corrected chi connectivity index (χ3v) is 0.868. The summed E-state index contributed by atoms with van der Waals surface area (Å²) in [4.78, 5) is 0. The van der Waals surface area contributed by atoms with Gasteiger partial charge in [-0.2, -0.15) is 0 Å². The van der Waals surface area contributed by atoms with E-state index in [4.69, 9.17) is 0 Å². The molecule has 0 spiro atoms. The molecule has 0 aromatic carbocycles. The lowest BCUT2D eigenvalue weighted by Crippen LogP contribution is -1.76. The minimum atomic E-state index is 0.532. The highest BCUT2D eigenvalue weighted by molar-refractivity contribution is 4.92. The molecule has 0 heterocycles. The highest BCUT2D eigenvalue weighted by Gasteiger charge is 1.81. The molecule has 0 rings (SSSR count). The third-order valence-electron chi connectivity index (χ3n) is 0.868. The summed E-state index contributed by atoms with van der Waals surface area (Å²) < 4.78 is 0. The van der Waals surface area contributed by atoms with Gasteiger partial charge in [-0.1, -0.05) is 25.2 Å². The first-order valence-electron chi connectivity index (χ1n) is 2.56. The second-order valence-corrected chi connectivity index (χ2v) is 1.62. The summed E-state index contributed by atoms with van der Waals surface area (Å²) in [5.74, 6) is 0.532. The van der Waals surface area contributed by atoms with Crippen LogP contribution in [-0.4, -0.2) is 0 Å². The molecule has 7 heavy (non-hydrogen) atoms. The smallest absolute Gasteiger partial charge is 0.00847 e. The van der Waals surface area contributed by atoms with Gasteiger partial charge < -0.3 is 0 Å². The van der Waals surface area contributed by atoms with Crippen molar-refractivity contribution < 1.29 is 0 Å². The van der Waals surface area contributed by atoms with Crippen molar-refractivity contribution in [3.05, 3.63) is 24.8 Å². The van der Waals surface area contributed by atoms with Crippen molar-refractivity contribution in [2.24, 2.45) is 5.92 Å². The molecule has 0 fully saturated rings. The first kappa shape index (κ1) is 6.48. The van der Waals surface area contributed by atoms with E-state index >= 15 is 0 Å². The van der Waals surface area contributed by atoms with Crippen molar-refractivity contribution in [2.75, 3.05) is 0 Å². The van der Waals surface area contributed by atoms with E-state index in [2.05, 4.69) is 19.6 Å². The van der Waals surface area contributed by atoms with Gasteiger partial charge in [0, 0.05) is 0 Å². The van der Waals surface area contributed by atoms with Crippen molar-refractivity contribution in [2.45, 2.75) is 13.8 Å². The molecule has 0 radical (unpaired) electrons. The molecule has 0 N–H and O–H groups in total. The van der Waals surface area contributed by atoms with Gasteiger partial charge >= 0.3 is 0 Å². The number of allylic oxidation sites excluding steroid dienone is 3. The largest absolute Gasteiger partial charge is 0.102 e. The van der Waals surface area contributed by atoms with E-state index in [0.29, 0.717) is 5.92 Å². The second kappa shape index (κ2) is 3.66. The van der Waals surface area contributed by atoms with Crippen LogP contribution in [0.1, 0.15) is 13.8 Å². The molecular formula is C7H12. The monoisotopic (exact) mass is 96.1 g/mol. The quantitative estimate of drug-likeness (QED) is 0.463. The second-order valence-electron chi connectivity index (χ2n) is 1.62. The molecule has 40 valence electrons. The third kappa shape index (κ3) is 3.31. The molecule has 0 aromatic rings. The number of hydrogen-bond acceptors (Lipinski definition) is 0. The van der Waals surface area contributed by atoms with Crippen LogP contribution in [0.3, 0.4) is 0 Å². The molecule has 0 aliphatic carbocycles. The van der Waals surface area contributed by atoms with Crippen LogP contribution in [-0.2, 0) is 0 Å². The summed E-state index contributed by atoms with van der Waals surface area (Å²) in [7, 11) is 0. The van der Waals surface area contributed by atoms with Gasteiger partial charge in [-0.3, -0.25) is 0 Å². The maximum absolute atomic E-state index is 3.63. The lowest BCUT2D eigenvalue weighted by Gasteiger charge is -1.90. The molecule has 1 atom stereocenters. The zero-order chi connectivity index (χ0) is 5.70. The fourth-order valence-electron chi connectivity index (χ4n) is 0.382. The normalized spacial score (nSPS) is 14.6. The molecule has 0 unspecified atom stereocenters. The lowest BCUT2D eigenvalue weighted by molar-refractivity contribution is 0.941. The summed E-state index contributed by atoms with van der Waals surface area (Å²) in [6.07, 6.45) is 6.05. The molecule has 0 aliphatic heterocycles. The van der Waals surface area contributed by atoms with Gasteiger partial charge in [0.25, 0.3) is 0 Å². The van der Waals surface area contributed by atoms with Crippen LogP contribution in [0.15, 0.2) is 24.8 Å². The molecule has 0 amide bonds. The Balaban J connectivity index is 3.35. The maximum Gasteiger partial charge on any atom is -0.00847 e. The van der Waals surface area contributed by atoms with Crippen molar-refractivity contribution in [3.63, 3.8) is 0 Å². The van der Waals surface area contributed by atoms with E-state index in [1.807, 2.05) is 19.1 Å². The summed E-state index contributed by atoms with van der Waals surface area (Å²) in [5, 5.41) is 0. The maximum atomic E-state index is 3.63. The Labute approximate surface area is 45.5 Å². The van der Waals surface area contributed by atoms with Gasteiger partial charge in [0.05, 0.1) is 0 Å². The van der Waals surface area contributed by atoms with Gasteiger partial charge in [-0.25, -0.2) is 0 Å². The molecule has 0 nitrogen and oxygen atoms in total. The Bertz CT molecular complexity index is 70.1. The Morgan fingerprint density at radius 3 is 2.29 bits per heavy atom. The van der Waals surface area contributed by atoms with Gasteiger partial charge in [0.1, 0.15) is 0 Å². The Kier molecular flexibility index (Phi) is 3.39. The van der Waals surface area contributed by atoms with Crippen LogP contribution >= 0.6 is 0 Å². The van der Waals surface area contributed by atoms with E-state index in [-0.39, 0.29) is 0 Å². The van der Waals surface area contributed by atoms with Crippen molar-refractivity contribution in [3.8, 4) is 0 Å². The van der Waals surface area contributed by atoms with Crippen LogP contribution < -0.4 is 0 Å². The fourth-order valence-corrected chi connectivity index (χ4v) is 0.382. The van der Waals surface area contributed by atoms with Gasteiger partial charge in [-0.15, -0.1) is 6.58 Å². The molecule has 0 aliphatic rings. The summed E-state index contributed by atoms with van der Waals surface area (Å²) in [6.45, 7) is 7.75. The average Bonchev–Trinajstić information content (AvgIpc) is 1.68. The Morgan fingerprint density at radius 2 is 2.14 bits per heavy atom. The van der Waals surface area contributed by atoms with Gasteiger partial charge in [0.2, 0.25) is 0 Å². The molecule has 0 saturated heterocycles. The number of rotatable bonds is 2. The summed E-state index contributed by atoms with van der Waals surface area (Å²) in [5.41, 5.74) is 0. The fraction of sp³-hybridized carbons (Fsp3) is 0.429. The summed E-state index contributed by atoms with van der Waals surface area (Å²) >= 11 is 0. The van der Waals surface area contributed by atoms with E-state index in [1.54, 1.807) is 0 Å². The predicted octanol–water partition coefficient (Wildman–Crippen LogP) is 2.38. The lowest BCUT2D eigenvalue weighted by atomic mass is 10.2. The highest BCUT2D eigenvalue weighted by atomic mass is 13.9. The molecule has 0 heteroatoms. The van der Waals surface area contributed by atoms with Crippen LogP contribution in [0.25, 0.3) is 0 Å². The molecule has 0 aromatic heterocycles. The Hall–Kier alpha value is -0.520. The highest BCUT2D eigenvalue weighted by Crippen LogP contribution is 1.95. The zero-order valence-electron chi connectivity index (χ0n) is 5.02. The standard InChI is InChI=1S/C7H12/c1-4-6-7(3)5-2/h4-7H,2H2,1,3H3/b6-4+/t7-/m0/s1. The first-order chi connectivity index (χ1) is 3.31. The zero-order valence-corrected chi connectivity index (χ0v) is 5.02. The topological polar surface area (TPSA) is 0 Å². The van der Waals surface area contributed by atoms with Crippen molar-refractivity contribution in [1.82, 2.24) is 0 Å². The van der Waals surface area contributed by atoms with E-state index in [1.165, 1.54) is 0 Å². The van der Waals surface area contributed by atoms with Crippen LogP contribution in [0.2, 0.25) is 0 Å². The predicted molar refractivity (Wildman–Crippen MR) is 34.2 cm³/mol. The Morgan fingerprint density at radius 1 is 1.57 bits per heavy atom. The van der Waals surface area contributed by atoms with Gasteiger partial charge in [-0.05, 0) is 12.8 Å². The number of hydrogen-bond donors (Lipinski definition) is 0. The molecule has 0 bridgehead atoms. The minimum absolute atomic E-state index is 0.532. The van der Waals surface area contributed by atoms with Crippen molar-refractivity contribution >= 4 is 0 Å². The SMILES string of the molecule is C=C[C@H](C)/C=C/C. The average molecular weight is 96.2 g/mol. The van der Waals surface area contributed by atoms with Crippen LogP contribution in [0.5, 0.6) is 0 Å². The van der Waals surface area contributed by atoms with E-state index in [9.17, 15) is 0 Å².